The van der Waals surface area contributed by atoms with Crippen LogP contribution >= 0.6 is 0 Å². The zero-order valence-corrected chi connectivity index (χ0v) is 10.0. The van der Waals surface area contributed by atoms with Crippen molar-refractivity contribution in [2.24, 2.45) is 11.1 Å². The Bertz CT molecular complexity index is 196. The van der Waals surface area contributed by atoms with E-state index < -0.39 is 8.07 Å². The van der Waals surface area contributed by atoms with Gasteiger partial charge in [0.05, 0.1) is 5.71 Å². The predicted molar refractivity (Wildman–Crippen MR) is 59.3 cm³/mol. The first kappa shape index (κ1) is 10.8. The van der Waals surface area contributed by atoms with E-state index in [1.165, 1.54) is 25.3 Å². The second-order valence-corrected chi connectivity index (χ2v) is 10.8. The highest BCUT2D eigenvalue weighted by atomic mass is 28.3. The molecule has 1 fully saturated rings. The summed E-state index contributed by atoms with van der Waals surface area (Å²) in [6.07, 6.45) is 4.78. The van der Waals surface area contributed by atoms with Crippen LogP contribution in [0.25, 0.3) is 0 Å². The molecule has 0 amide bonds. The van der Waals surface area contributed by atoms with E-state index in [9.17, 15) is 0 Å². The van der Waals surface area contributed by atoms with Gasteiger partial charge >= 0.3 is 0 Å². The molecule has 0 aromatic heterocycles. The average molecular weight is 199 g/mol. The Kier molecular flexibility index (Phi) is 3.53. The Morgan fingerprint density at radius 3 is 2.62 bits per heavy atom. The van der Waals surface area contributed by atoms with Gasteiger partial charge in [-0.05, 0) is 31.2 Å². The van der Waals surface area contributed by atoms with E-state index in [0.717, 1.165) is 12.1 Å². The second kappa shape index (κ2) is 4.27. The minimum atomic E-state index is -0.995. The number of rotatable bonds is 2. The van der Waals surface area contributed by atoms with Gasteiger partial charge in [-0.25, -0.2) is 0 Å². The van der Waals surface area contributed by atoms with Crippen molar-refractivity contribution in [1.82, 2.24) is 0 Å². The minimum Gasteiger partial charge on any atom is -0.411 e. The third kappa shape index (κ3) is 3.51. The van der Waals surface area contributed by atoms with Gasteiger partial charge in [0.15, 0.2) is 0 Å². The van der Waals surface area contributed by atoms with Crippen molar-refractivity contribution < 1.29 is 5.21 Å². The maximum atomic E-state index is 8.86. The molecule has 0 aliphatic heterocycles. The van der Waals surface area contributed by atoms with Crippen molar-refractivity contribution in [1.29, 1.82) is 0 Å². The number of hydrogen-bond donors (Lipinski definition) is 1. The molecule has 13 heavy (non-hydrogen) atoms. The highest BCUT2D eigenvalue weighted by molar-refractivity contribution is 6.76. The topological polar surface area (TPSA) is 32.6 Å². The average Bonchev–Trinajstić information content (AvgIpc) is 2.02. The monoisotopic (exact) mass is 199 g/mol. The molecule has 0 radical (unpaired) electrons. The summed E-state index contributed by atoms with van der Waals surface area (Å²) in [4.78, 5) is 0. The summed E-state index contributed by atoms with van der Waals surface area (Å²) in [7, 11) is -0.995. The van der Waals surface area contributed by atoms with Gasteiger partial charge in [0.1, 0.15) is 0 Å². The Morgan fingerprint density at radius 2 is 2.08 bits per heavy atom. The Balaban J connectivity index is 2.56. The maximum Gasteiger partial charge on any atom is 0.0598 e. The summed E-state index contributed by atoms with van der Waals surface area (Å²) >= 11 is 0. The third-order valence-electron chi connectivity index (χ3n) is 2.69. The molecule has 1 unspecified atom stereocenters. The Labute approximate surface area is 82.0 Å². The Morgan fingerprint density at radius 1 is 1.38 bits per heavy atom. The number of oxime groups is 1. The van der Waals surface area contributed by atoms with Gasteiger partial charge in [0.25, 0.3) is 0 Å². The lowest BCUT2D eigenvalue weighted by Gasteiger charge is -2.28. The quantitative estimate of drug-likeness (QED) is 0.413. The molecule has 0 heterocycles. The van der Waals surface area contributed by atoms with Crippen LogP contribution in [0.2, 0.25) is 25.7 Å². The molecule has 1 atom stereocenters. The molecule has 0 aromatic rings. The van der Waals surface area contributed by atoms with Crippen molar-refractivity contribution in [3.8, 4) is 0 Å². The summed E-state index contributed by atoms with van der Waals surface area (Å²) in [6, 6.07) is 1.28. The van der Waals surface area contributed by atoms with Crippen LogP contribution < -0.4 is 0 Å². The molecule has 1 N–H and O–H groups in total. The molecule has 1 aliphatic carbocycles. The van der Waals surface area contributed by atoms with E-state index >= 15 is 0 Å². The van der Waals surface area contributed by atoms with Crippen LogP contribution in [0.15, 0.2) is 5.16 Å². The lowest BCUT2D eigenvalue weighted by atomic mass is 9.89. The zero-order chi connectivity index (χ0) is 9.90. The lowest BCUT2D eigenvalue weighted by molar-refractivity contribution is 0.310. The standard InChI is InChI=1S/C10H21NOSi/c1-13(2,3)8-9-6-4-5-7-10(9)11-12/h9,12H,4-8H2,1-3H3. The van der Waals surface area contributed by atoms with Crippen LogP contribution in [-0.2, 0) is 0 Å². The van der Waals surface area contributed by atoms with Crippen molar-refractivity contribution in [3.05, 3.63) is 0 Å². The predicted octanol–water partition coefficient (Wildman–Crippen LogP) is 3.35. The minimum absolute atomic E-state index is 0.588. The van der Waals surface area contributed by atoms with Crippen LogP contribution in [0.4, 0.5) is 0 Å². The van der Waals surface area contributed by atoms with Gasteiger partial charge in [-0.3, -0.25) is 0 Å². The molecule has 76 valence electrons. The van der Waals surface area contributed by atoms with Crippen LogP contribution in [0.5, 0.6) is 0 Å². The Hall–Kier alpha value is -0.313. The van der Waals surface area contributed by atoms with Crippen LogP contribution in [0, 0.1) is 5.92 Å². The third-order valence-corrected chi connectivity index (χ3v) is 4.41. The van der Waals surface area contributed by atoms with E-state index in [1.807, 2.05) is 0 Å². The molecule has 2 nitrogen and oxygen atoms in total. The SMILES string of the molecule is C[Si](C)(C)CC1CCCCC1=NO. The molecule has 0 bridgehead atoms. The lowest BCUT2D eigenvalue weighted by Crippen LogP contribution is -2.30. The molecular formula is C10H21NOSi. The summed E-state index contributed by atoms with van der Waals surface area (Å²) in [6.45, 7) is 7.16. The maximum absolute atomic E-state index is 8.86. The van der Waals surface area contributed by atoms with E-state index in [2.05, 4.69) is 24.8 Å². The van der Waals surface area contributed by atoms with E-state index in [4.69, 9.17) is 5.21 Å². The molecule has 1 aliphatic rings. The first-order valence-corrected chi connectivity index (χ1v) is 8.94. The van der Waals surface area contributed by atoms with Crippen LogP contribution in [-0.4, -0.2) is 19.0 Å². The van der Waals surface area contributed by atoms with Crippen molar-refractivity contribution in [3.63, 3.8) is 0 Å². The van der Waals surface area contributed by atoms with E-state index in [1.54, 1.807) is 0 Å². The molecule has 0 aromatic carbocycles. The van der Waals surface area contributed by atoms with Gasteiger partial charge in [-0.1, -0.05) is 31.2 Å². The summed E-state index contributed by atoms with van der Waals surface area (Å²) < 4.78 is 0. The largest absolute Gasteiger partial charge is 0.411 e. The normalized spacial score (nSPS) is 27.9. The zero-order valence-electron chi connectivity index (χ0n) is 9.01. The fraction of sp³-hybridized carbons (Fsp3) is 0.900. The molecular weight excluding hydrogens is 178 g/mol. The summed E-state index contributed by atoms with van der Waals surface area (Å²) in [5.74, 6) is 0.588. The van der Waals surface area contributed by atoms with E-state index in [-0.39, 0.29) is 0 Å². The first-order valence-electron chi connectivity index (χ1n) is 5.24. The molecule has 3 heteroatoms. The van der Waals surface area contributed by atoms with E-state index in [0.29, 0.717) is 5.92 Å². The summed E-state index contributed by atoms with van der Waals surface area (Å²) in [5.41, 5.74) is 1.06. The van der Waals surface area contributed by atoms with Gasteiger partial charge in [0, 0.05) is 8.07 Å². The van der Waals surface area contributed by atoms with Crippen molar-refractivity contribution in [2.75, 3.05) is 0 Å². The van der Waals surface area contributed by atoms with Gasteiger partial charge < -0.3 is 5.21 Å². The van der Waals surface area contributed by atoms with Crippen molar-refractivity contribution in [2.45, 2.75) is 51.4 Å². The molecule has 1 saturated carbocycles. The highest BCUT2D eigenvalue weighted by Crippen LogP contribution is 2.29. The first-order chi connectivity index (χ1) is 6.03. The van der Waals surface area contributed by atoms with Gasteiger partial charge in [0.2, 0.25) is 0 Å². The van der Waals surface area contributed by atoms with Crippen molar-refractivity contribution >= 4 is 13.8 Å². The van der Waals surface area contributed by atoms with Gasteiger partial charge in [-0.15, -0.1) is 0 Å². The smallest absolute Gasteiger partial charge is 0.0598 e. The fourth-order valence-electron chi connectivity index (χ4n) is 2.16. The second-order valence-electron chi connectivity index (χ2n) is 5.30. The summed E-state index contributed by atoms with van der Waals surface area (Å²) in [5, 5.41) is 12.3. The molecule has 0 saturated heterocycles. The number of hydrogen-bond acceptors (Lipinski definition) is 2. The molecule has 0 spiro atoms. The van der Waals surface area contributed by atoms with Gasteiger partial charge in [-0.2, -0.15) is 0 Å². The fourth-order valence-corrected chi connectivity index (χ4v) is 4.08. The molecule has 1 rings (SSSR count). The highest BCUT2D eigenvalue weighted by Gasteiger charge is 2.26. The van der Waals surface area contributed by atoms with Crippen LogP contribution in [0.3, 0.4) is 0 Å². The van der Waals surface area contributed by atoms with Crippen LogP contribution in [0.1, 0.15) is 25.7 Å². The number of nitrogens with zero attached hydrogens (tertiary/aromatic N) is 1.